The zero-order chi connectivity index (χ0) is 25.9. The smallest absolute Gasteiger partial charge is 0.383 e. The lowest BCUT2D eigenvalue weighted by Gasteiger charge is -2.36. The molecule has 4 N–H and O–H groups in total. The minimum Gasteiger partial charge on any atom is -0.383 e. The fourth-order valence-electron chi connectivity index (χ4n) is 4.16. The first-order chi connectivity index (χ1) is 17.0. The number of carbonyl (C=O) groups is 1. The van der Waals surface area contributed by atoms with Crippen molar-refractivity contribution < 1.29 is 23.1 Å². The number of anilines is 2. The van der Waals surface area contributed by atoms with Crippen LogP contribution in [0, 0.1) is 6.92 Å². The van der Waals surface area contributed by atoms with Crippen LogP contribution < -0.4 is 11.1 Å². The fraction of sp³-hybridized carbons (Fsp3) is 0.417. The molecule has 36 heavy (non-hydrogen) atoms. The molecule has 0 unspecified atom stereocenters. The molecule has 1 aromatic carbocycles. The van der Waals surface area contributed by atoms with Crippen LogP contribution in [-0.2, 0) is 16.6 Å². The number of halogens is 3. The SMILES string of the molecule is Cc1cc(Nc2nccc(C(F)(F)F)n2)cc(-c2cnc(C3(O)CCN(CCCC(N)=O)CC3)s2)c1. The van der Waals surface area contributed by atoms with Gasteiger partial charge < -0.3 is 21.1 Å². The standard InChI is InChI=1S/C24H27F3N6O2S/c1-15-11-16(13-17(12-15)31-22-29-7-4-19(32-22)24(25,26)27)18-14-30-21(36-18)23(35)5-9-33(10-6-23)8-2-3-20(28)34/h4,7,11-14,35H,2-3,5-6,8-10H2,1H3,(H2,28,34)(H,29,31,32). The summed E-state index contributed by atoms with van der Waals surface area (Å²) < 4.78 is 39.0. The second-order valence-electron chi connectivity index (χ2n) is 8.95. The normalized spacial score (nSPS) is 16.1. The third kappa shape index (κ3) is 6.37. The van der Waals surface area contributed by atoms with Crippen molar-refractivity contribution in [3.05, 3.63) is 52.9 Å². The van der Waals surface area contributed by atoms with Crippen LogP contribution in [0.5, 0.6) is 0 Å². The van der Waals surface area contributed by atoms with Gasteiger partial charge in [0.15, 0.2) is 0 Å². The van der Waals surface area contributed by atoms with E-state index in [-0.39, 0.29) is 11.9 Å². The number of hydrogen-bond donors (Lipinski definition) is 3. The summed E-state index contributed by atoms with van der Waals surface area (Å²) in [6, 6.07) is 6.35. The van der Waals surface area contributed by atoms with E-state index >= 15 is 0 Å². The monoisotopic (exact) mass is 520 g/mol. The van der Waals surface area contributed by atoms with Crippen molar-refractivity contribution >= 4 is 28.9 Å². The molecular weight excluding hydrogens is 493 g/mol. The third-order valence-corrected chi connectivity index (χ3v) is 7.29. The second-order valence-corrected chi connectivity index (χ2v) is 9.98. The molecule has 3 aromatic rings. The quantitative estimate of drug-likeness (QED) is 0.407. The van der Waals surface area contributed by atoms with E-state index in [4.69, 9.17) is 5.73 Å². The van der Waals surface area contributed by atoms with Gasteiger partial charge in [0, 0.05) is 37.6 Å². The van der Waals surface area contributed by atoms with Crippen LogP contribution in [0.2, 0.25) is 0 Å². The summed E-state index contributed by atoms with van der Waals surface area (Å²) in [5, 5.41) is 14.7. The summed E-state index contributed by atoms with van der Waals surface area (Å²) in [5.41, 5.74) is 5.40. The molecule has 12 heteroatoms. The fourth-order valence-corrected chi connectivity index (χ4v) is 5.21. The summed E-state index contributed by atoms with van der Waals surface area (Å²) in [5.74, 6) is -0.459. The van der Waals surface area contributed by atoms with Crippen LogP contribution in [-0.4, -0.2) is 50.5 Å². The molecule has 0 aliphatic carbocycles. The van der Waals surface area contributed by atoms with Crippen LogP contribution in [0.25, 0.3) is 10.4 Å². The molecule has 3 heterocycles. The molecule has 1 aliphatic rings. The maximum atomic E-state index is 13.0. The Morgan fingerprint density at radius 3 is 2.69 bits per heavy atom. The number of likely N-dealkylation sites (tertiary alicyclic amines) is 1. The average Bonchev–Trinajstić information content (AvgIpc) is 3.31. The van der Waals surface area contributed by atoms with Gasteiger partial charge >= 0.3 is 6.18 Å². The van der Waals surface area contributed by atoms with E-state index in [0.717, 1.165) is 34.8 Å². The number of nitrogens with two attached hydrogens (primary N) is 1. The molecule has 0 saturated carbocycles. The summed E-state index contributed by atoms with van der Waals surface area (Å²) in [7, 11) is 0. The van der Waals surface area contributed by atoms with Crippen LogP contribution >= 0.6 is 11.3 Å². The maximum absolute atomic E-state index is 13.0. The Morgan fingerprint density at radius 2 is 2.00 bits per heavy atom. The molecular formula is C24H27F3N6O2S. The zero-order valence-electron chi connectivity index (χ0n) is 19.7. The summed E-state index contributed by atoms with van der Waals surface area (Å²) >= 11 is 1.40. The number of aliphatic hydroxyl groups is 1. The molecule has 192 valence electrons. The first kappa shape index (κ1) is 26.0. The van der Waals surface area contributed by atoms with Crippen molar-refractivity contribution in [1.29, 1.82) is 0 Å². The number of aryl methyl sites for hydroxylation is 1. The van der Waals surface area contributed by atoms with Gasteiger partial charge in [-0.2, -0.15) is 13.2 Å². The third-order valence-electron chi connectivity index (χ3n) is 6.05. The number of nitrogens with zero attached hydrogens (tertiary/aromatic N) is 4. The second kappa shape index (κ2) is 10.5. The summed E-state index contributed by atoms with van der Waals surface area (Å²) in [4.78, 5) is 25.9. The van der Waals surface area contributed by atoms with Gasteiger partial charge in [-0.1, -0.05) is 6.07 Å². The van der Waals surface area contributed by atoms with Gasteiger partial charge in [-0.25, -0.2) is 15.0 Å². The number of amides is 1. The van der Waals surface area contributed by atoms with E-state index in [1.54, 1.807) is 18.3 Å². The number of primary amides is 1. The van der Waals surface area contributed by atoms with Crippen molar-refractivity contribution in [3.8, 4) is 10.4 Å². The molecule has 2 aromatic heterocycles. The molecule has 4 rings (SSSR count). The average molecular weight is 521 g/mol. The molecule has 0 radical (unpaired) electrons. The minimum absolute atomic E-state index is 0.150. The Morgan fingerprint density at radius 1 is 1.25 bits per heavy atom. The number of aromatic nitrogens is 3. The van der Waals surface area contributed by atoms with Crippen LogP contribution in [0.1, 0.15) is 41.9 Å². The predicted molar refractivity (Wildman–Crippen MR) is 131 cm³/mol. The Hall–Kier alpha value is -3.09. The maximum Gasteiger partial charge on any atom is 0.433 e. The number of benzene rings is 1. The van der Waals surface area contributed by atoms with Gasteiger partial charge in [-0.15, -0.1) is 11.3 Å². The number of rotatable bonds is 8. The Balaban J connectivity index is 1.46. The van der Waals surface area contributed by atoms with Crippen molar-refractivity contribution in [2.24, 2.45) is 5.73 Å². The van der Waals surface area contributed by atoms with Crippen molar-refractivity contribution in [2.75, 3.05) is 25.0 Å². The first-order valence-corrected chi connectivity index (χ1v) is 12.3. The highest BCUT2D eigenvalue weighted by molar-refractivity contribution is 7.15. The lowest BCUT2D eigenvalue weighted by atomic mass is 9.92. The van der Waals surface area contributed by atoms with Crippen molar-refractivity contribution in [2.45, 2.75) is 44.4 Å². The highest BCUT2D eigenvalue weighted by Gasteiger charge is 2.36. The molecule has 1 amide bonds. The largest absolute Gasteiger partial charge is 0.433 e. The van der Waals surface area contributed by atoms with E-state index in [1.165, 1.54) is 11.3 Å². The van der Waals surface area contributed by atoms with E-state index < -0.39 is 17.5 Å². The highest BCUT2D eigenvalue weighted by atomic mass is 32.1. The topological polar surface area (TPSA) is 117 Å². The summed E-state index contributed by atoms with van der Waals surface area (Å²) in [6.07, 6.45) is 0.322. The van der Waals surface area contributed by atoms with E-state index in [0.29, 0.717) is 49.5 Å². The lowest BCUT2D eigenvalue weighted by Crippen LogP contribution is -2.43. The van der Waals surface area contributed by atoms with Gasteiger partial charge in [0.2, 0.25) is 11.9 Å². The van der Waals surface area contributed by atoms with Gasteiger partial charge in [0.05, 0.1) is 4.88 Å². The lowest BCUT2D eigenvalue weighted by molar-refractivity contribution is -0.141. The molecule has 1 saturated heterocycles. The van der Waals surface area contributed by atoms with E-state index in [1.807, 2.05) is 13.0 Å². The Kier molecular flexibility index (Phi) is 7.57. The number of carbonyl (C=O) groups excluding carboxylic acids is 1. The van der Waals surface area contributed by atoms with Gasteiger partial charge in [-0.05, 0) is 62.1 Å². The Labute approximate surface area is 210 Å². The summed E-state index contributed by atoms with van der Waals surface area (Å²) in [6.45, 7) is 4.03. The van der Waals surface area contributed by atoms with Crippen molar-refractivity contribution in [1.82, 2.24) is 19.9 Å². The van der Waals surface area contributed by atoms with Gasteiger partial charge in [-0.3, -0.25) is 4.79 Å². The number of hydrogen-bond acceptors (Lipinski definition) is 8. The van der Waals surface area contributed by atoms with Gasteiger partial charge in [0.25, 0.3) is 0 Å². The number of thiazole rings is 1. The Bertz CT molecular complexity index is 1220. The molecule has 1 aliphatic heterocycles. The number of nitrogens with one attached hydrogen (secondary N) is 1. The highest BCUT2D eigenvalue weighted by Crippen LogP contribution is 2.39. The van der Waals surface area contributed by atoms with Crippen molar-refractivity contribution in [3.63, 3.8) is 0 Å². The van der Waals surface area contributed by atoms with Crippen LogP contribution in [0.3, 0.4) is 0 Å². The zero-order valence-corrected chi connectivity index (χ0v) is 20.5. The molecule has 0 bridgehead atoms. The van der Waals surface area contributed by atoms with E-state index in [2.05, 4.69) is 25.2 Å². The molecule has 8 nitrogen and oxygen atoms in total. The predicted octanol–water partition coefficient (Wildman–Crippen LogP) is 4.22. The first-order valence-electron chi connectivity index (χ1n) is 11.5. The molecule has 0 atom stereocenters. The minimum atomic E-state index is -4.56. The van der Waals surface area contributed by atoms with E-state index in [9.17, 15) is 23.1 Å². The number of alkyl halides is 3. The van der Waals surface area contributed by atoms with Crippen LogP contribution in [0.4, 0.5) is 24.8 Å². The van der Waals surface area contributed by atoms with Gasteiger partial charge in [0.1, 0.15) is 16.3 Å². The number of piperidine rings is 1. The molecule has 0 spiro atoms. The molecule has 1 fully saturated rings. The van der Waals surface area contributed by atoms with Crippen LogP contribution in [0.15, 0.2) is 36.7 Å².